The lowest BCUT2D eigenvalue weighted by Crippen LogP contribution is -2.19. The SMILES string of the molecule is Cc1c(OCC2CC3CCC2C3)ccc(S(=O)(=O)Cl)c1C. The van der Waals surface area contributed by atoms with E-state index >= 15 is 0 Å². The second-order valence-corrected chi connectivity index (χ2v) is 9.03. The molecule has 5 heteroatoms. The van der Waals surface area contributed by atoms with Gasteiger partial charge in [0.1, 0.15) is 5.75 Å². The monoisotopic (exact) mass is 328 g/mol. The van der Waals surface area contributed by atoms with Crippen LogP contribution in [0.2, 0.25) is 0 Å². The first-order chi connectivity index (χ1) is 9.86. The molecule has 3 rings (SSSR count). The highest BCUT2D eigenvalue weighted by molar-refractivity contribution is 8.13. The Hall–Kier alpha value is -0.740. The molecule has 1 aromatic carbocycles. The maximum atomic E-state index is 11.5. The van der Waals surface area contributed by atoms with Gasteiger partial charge in [-0.05, 0) is 74.1 Å². The summed E-state index contributed by atoms with van der Waals surface area (Å²) >= 11 is 0. The first kappa shape index (κ1) is 15.2. The molecule has 2 bridgehead atoms. The number of benzene rings is 1. The van der Waals surface area contributed by atoms with Crippen LogP contribution in [0, 0.1) is 31.6 Å². The Morgan fingerprint density at radius 3 is 2.52 bits per heavy atom. The Bertz CT molecular complexity index is 654. The van der Waals surface area contributed by atoms with Crippen molar-refractivity contribution in [2.24, 2.45) is 17.8 Å². The number of halogens is 1. The number of rotatable bonds is 4. The van der Waals surface area contributed by atoms with Gasteiger partial charge in [-0.1, -0.05) is 6.42 Å². The highest BCUT2D eigenvalue weighted by Gasteiger charge is 2.39. The van der Waals surface area contributed by atoms with Gasteiger partial charge >= 0.3 is 0 Å². The van der Waals surface area contributed by atoms with Crippen molar-refractivity contribution >= 4 is 19.7 Å². The molecule has 3 nitrogen and oxygen atoms in total. The highest BCUT2D eigenvalue weighted by atomic mass is 35.7. The Balaban J connectivity index is 1.73. The van der Waals surface area contributed by atoms with E-state index in [1.165, 1.54) is 25.7 Å². The summed E-state index contributed by atoms with van der Waals surface area (Å²) < 4.78 is 29.0. The lowest BCUT2D eigenvalue weighted by molar-refractivity contribution is 0.194. The van der Waals surface area contributed by atoms with E-state index in [9.17, 15) is 8.42 Å². The van der Waals surface area contributed by atoms with Crippen molar-refractivity contribution in [1.82, 2.24) is 0 Å². The molecule has 0 aromatic heterocycles. The van der Waals surface area contributed by atoms with Crippen LogP contribution in [0.4, 0.5) is 0 Å². The Morgan fingerprint density at radius 2 is 1.95 bits per heavy atom. The van der Waals surface area contributed by atoms with Gasteiger partial charge < -0.3 is 4.74 Å². The minimum atomic E-state index is -3.69. The first-order valence-corrected chi connectivity index (χ1v) is 9.85. The van der Waals surface area contributed by atoms with Crippen LogP contribution in [0.15, 0.2) is 17.0 Å². The molecule has 0 spiro atoms. The van der Waals surface area contributed by atoms with E-state index in [1.807, 2.05) is 6.92 Å². The zero-order valence-corrected chi connectivity index (χ0v) is 14.0. The summed E-state index contributed by atoms with van der Waals surface area (Å²) in [6.45, 7) is 4.40. The molecule has 2 fully saturated rings. The smallest absolute Gasteiger partial charge is 0.261 e. The lowest BCUT2D eigenvalue weighted by atomic mass is 9.89. The Morgan fingerprint density at radius 1 is 1.19 bits per heavy atom. The van der Waals surface area contributed by atoms with Gasteiger partial charge in [0.25, 0.3) is 9.05 Å². The van der Waals surface area contributed by atoms with Crippen molar-refractivity contribution in [2.75, 3.05) is 6.61 Å². The molecule has 3 unspecified atom stereocenters. The molecule has 2 aliphatic carbocycles. The van der Waals surface area contributed by atoms with Crippen molar-refractivity contribution in [2.45, 2.75) is 44.4 Å². The van der Waals surface area contributed by atoms with E-state index in [2.05, 4.69) is 0 Å². The number of ether oxygens (including phenoxy) is 1. The van der Waals surface area contributed by atoms with E-state index in [0.717, 1.165) is 29.8 Å². The lowest BCUT2D eigenvalue weighted by Gasteiger charge is -2.22. The van der Waals surface area contributed by atoms with Crippen molar-refractivity contribution in [3.05, 3.63) is 23.3 Å². The van der Waals surface area contributed by atoms with Crippen molar-refractivity contribution in [1.29, 1.82) is 0 Å². The molecular weight excluding hydrogens is 308 g/mol. The molecule has 0 aliphatic heterocycles. The van der Waals surface area contributed by atoms with Gasteiger partial charge in [0.2, 0.25) is 0 Å². The fourth-order valence-corrected chi connectivity index (χ4v) is 5.22. The maximum Gasteiger partial charge on any atom is 0.261 e. The topological polar surface area (TPSA) is 43.4 Å². The molecule has 116 valence electrons. The first-order valence-electron chi connectivity index (χ1n) is 7.54. The van der Waals surface area contributed by atoms with E-state index in [-0.39, 0.29) is 4.90 Å². The van der Waals surface area contributed by atoms with Gasteiger partial charge in [-0.3, -0.25) is 0 Å². The molecule has 0 radical (unpaired) electrons. The fourth-order valence-electron chi connectivity index (χ4n) is 3.97. The molecule has 21 heavy (non-hydrogen) atoms. The van der Waals surface area contributed by atoms with Crippen molar-refractivity contribution in [3.8, 4) is 5.75 Å². The largest absolute Gasteiger partial charge is 0.493 e. The predicted molar refractivity (Wildman–Crippen MR) is 83.4 cm³/mol. The summed E-state index contributed by atoms with van der Waals surface area (Å²) in [7, 11) is 1.75. The van der Waals surface area contributed by atoms with E-state index in [0.29, 0.717) is 11.5 Å². The summed E-state index contributed by atoms with van der Waals surface area (Å²) in [5, 5.41) is 0. The molecule has 3 atom stereocenters. The molecular formula is C16H21ClO3S. The highest BCUT2D eigenvalue weighted by Crippen LogP contribution is 2.48. The van der Waals surface area contributed by atoms with Gasteiger partial charge in [-0.2, -0.15) is 0 Å². The standard InChI is InChI=1S/C16H21ClO3S/c1-10-11(2)16(21(17,18)19)6-5-15(10)20-9-14-8-12-3-4-13(14)7-12/h5-6,12-14H,3-4,7-9H2,1-2H3. The predicted octanol–water partition coefficient (Wildman–Crippen LogP) is 4.05. The third kappa shape index (κ3) is 2.93. The van der Waals surface area contributed by atoms with Crippen LogP contribution >= 0.6 is 10.7 Å². The van der Waals surface area contributed by atoms with E-state index in [4.69, 9.17) is 15.4 Å². The molecule has 1 aromatic rings. The average Bonchev–Trinajstić information content (AvgIpc) is 3.01. The summed E-state index contributed by atoms with van der Waals surface area (Å²) in [5.74, 6) is 3.19. The normalized spacial score (nSPS) is 28.0. The van der Waals surface area contributed by atoms with E-state index in [1.54, 1.807) is 19.1 Å². The summed E-state index contributed by atoms with van der Waals surface area (Å²) in [5.41, 5.74) is 1.54. The summed E-state index contributed by atoms with van der Waals surface area (Å²) in [6, 6.07) is 3.27. The van der Waals surface area contributed by atoms with Gasteiger partial charge in [0.05, 0.1) is 11.5 Å². The van der Waals surface area contributed by atoms with Crippen LogP contribution in [0.5, 0.6) is 5.75 Å². The van der Waals surface area contributed by atoms with Crippen LogP contribution < -0.4 is 4.74 Å². The molecule has 2 saturated carbocycles. The Labute approximate surface area is 131 Å². The molecule has 0 heterocycles. The minimum absolute atomic E-state index is 0.175. The molecule has 0 N–H and O–H groups in total. The average molecular weight is 329 g/mol. The third-order valence-electron chi connectivity index (χ3n) is 5.29. The van der Waals surface area contributed by atoms with Crippen LogP contribution in [-0.4, -0.2) is 15.0 Å². The molecule has 2 aliphatic rings. The second-order valence-electron chi connectivity index (χ2n) is 6.50. The van der Waals surface area contributed by atoms with Gasteiger partial charge in [0, 0.05) is 10.7 Å². The zero-order chi connectivity index (χ0) is 15.2. The summed E-state index contributed by atoms with van der Waals surface area (Å²) in [4.78, 5) is 0.175. The fraction of sp³-hybridized carbons (Fsp3) is 0.625. The number of fused-ring (bicyclic) bond motifs is 2. The zero-order valence-electron chi connectivity index (χ0n) is 12.4. The van der Waals surface area contributed by atoms with Crippen molar-refractivity contribution < 1.29 is 13.2 Å². The van der Waals surface area contributed by atoms with Gasteiger partial charge in [-0.25, -0.2) is 8.42 Å². The van der Waals surface area contributed by atoms with Gasteiger partial charge in [0.15, 0.2) is 0 Å². The summed E-state index contributed by atoms with van der Waals surface area (Å²) in [6.07, 6.45) is 5.40. The minimum Gasteiger partial charge on any atom is -0.493 e. The maximum absolute atomic E-state index is 11.5. The van der Waals surface area contributed by atoms with Crippen LogP contribution in [0.25, 0.3) is 0 Å². The number of hydrogen-bond acceptors (Lipinski definition) is 3. The van der Waals surface area contributed by atoms with Gasteiger partial charge in [-0.15, -0.1) is 0 Å². The van der Waals surface area contributed by atoms with Crippen molar-refractivity contribution in [3.63, 3.8) is 0 Å². The van der Waals surface area contributed by atoms with Crippen LogP contribution in [0.1, 0.15) is 36.8 Å². The quantitative estimate of drug-likeness (QED) is 0.783. The molecule has 0 amide bonds. The van der Waals surface area contributed by atoms with Crippen LogP contribution in [-0.2, 0) is 9.05 Å². The third-order valence-corrected chi connectivity index (χ3v) is 6.75. The second kappa shape index (κ2) is 5.47. The molecule has 0 saturated heterocycles. The Kier molecular flexibility index (Phi) is 3.95. The number of hydrogen-bond donors (Lipinski definition) is 0. The van der Waals surface area contributed by atoms with Crippen LogP contribution in [0.3, 0.4) is 0 Å². The van der Waals surface area contributed by atoms with E-state index < -0.39 is 9.05 Å².